The van der Waals surface area contributed by atoms with E-state index < -0.39 is 0 Å². The monoisotopic (exact) mass is 409 g/mol. The van der Waals surface area contributed by atoms with E-state index in [0.29, 0.717) is 0 Å². The van der Waals surface area contributed by atoms with Crippen molar-refractivity contribution in [1.82, 2.24) is 4.57 Å². The lowest BCUT2D eigenvalue weighted by atomic mass is 10.1. The zero-order chi connectivity index (χ0) is 14.5. The fourth-order valence-corrected chi connectivity index (χ4v) is 3.83. The van der Waals surface area contributed by atoms with Crippen LogP contribution in [0.3, 0.4) is 0 Å². The fourth-order valence-electron chi connectivity index (χ4n) is 2.82. The normalized spacial score (nSPS) is 14.3. The smallest absolute Gasteiger partial charge is 0.0497 e. The van der Waals surface area contributed by atoms with Gasteiger partial charge in [0.05, 0.1) is 0 Å². The van der Waals surface area contributed by atoms with Crippen LogP contribution in [-0.4, -0.2) is 25.1 Å². The molecule has 0 fully saturated rings. The molecule has 0 aliphatic carbocycles. The molecule has 1 heterocycles. The summed E-state index contributed by atoms with van der Waals surface area (Å²) in [5.74, 6) is 0. The standard InChI is InChI=1S/C16H20INSi2/c1-16(2,15(19)20)18-13-6-4-3-5-11(13)12-9-10(17)7-8-14(12)18/h3-9,15H,1-2,19-20H3. The number of rotatable bonds is 2. The van der Waals surface area contributed by atoms with Crippen molar-refractivity contribution in [3.05, 3.63) is 46.0 Å². The van der Waals surface area contributed by atoms with Crippen LogP contribution in [0.1, 0.15) is 13.8 Å². The summed E-state index contributed by atoms with van der Waals surface area (Å²) in [5, 5.41) is 3.63. The Bertz CT molecular complexity index is 790. The van der Waals surface area contributed by atoms with E-state index in [1.807, 2.05) is 0 Å². The Morgan fingerprint density at radius 2 is 1.65 bits per heavy atom. The predicted molar refractivity (Wildman–Crippen MR) is 105 cm³/mol. The van der Waals surface area contributed by atoms with Gasteiger partial charge in [-0.15, -0.1) is 0 Å². The quantitative estimate of drug-likeness (QED) is 0.453. The highest BCUT2D eigenvalue weighted by Crippen LogP contribution is 2.38. The maximum Gasteiger partial charge on any atom is 0.0497 e. The molecule has 20 heavy (non-hydrogen) atoms. The minimum absolute atomic E-state index is 0.215. The highest BCUT2D eigenvalue weighted by molar-refractivity contribution is 14.1. The molecule has 3 rings (SSSR count). The van der Waals surface area contributed by atoms with Crippen molar-refractivity contribution < 1.29 is 0 Å². The number of hydrogen-bond acceptors (Lipinski definition) is 0. The van der Waals surface area contributed by atoms with Gasteiger partial charge in [0.15, 0.2) is 0 Å². The summed E-state index contributed by atoms with van der Waals surface area (Å²) in [6.45, 7) is 4.81. The van der Waals surface area contributed by atoms with Gasteiger partial charge >= 0.3 is 0 Å². The molecule has 0 spiro atoms. The number of para-hydroxylation sites is 1. The molecular formula is C16H20INSi2. The van der Waals surface area contributed by atoms with Crippen LogP contribution in [0.25, 0.3) is 21.8 Å². The van der Waals surface area contributed by atoms with Gasteiger partial charge in [0.2, 0.25) is 0 Å². The Hall–Kier alpha value is -0.596. The topological polar surface area (TPSA) is 4.93 Å². The Morgan fingerprint density at radius 1 is 1.00 bits per heavy atom. The molecule has 0 unspecified atom stereocenters. The summed E-state index contributed by atoms with van der Waals surface area (Å²) in [6.07, 6.45) is 0. The Labute approximate surface area is 139 Å². The average molecular weight is 409 g/mol. The van der Waals surface area contributed by atoms with Crippen molar-refractivity contribution in [3.8, 4) is 0 Å². The molecule has 0 atom stereocenters. The molecule has 1 aromatic heterocycles. The third-order valence-corrected chi connectivity index (χ3v) is 8.12. The molecule has 4 heteroatoms. The van der Waals surface area contributed by atoms with Crippen LogP contribution in [-0.2, 0) is 5.54 Å². The van der Waals surface area contributed by atoms with Crippen molar-refractivity contribution in [2.75, 3.05) is 0 Å². The third-order valence-electron chi connectivity index (χ3n) is 4.62. The lowest BCUT2D eigenvalue weighted by Crippen LogP contribution is -2.32. The highest BCUT2D eigenvalue weighted by Gasteiger charge is 2.27. The van der Waals surface area contributed by atoms with Gasteiger partial charge in [-0.1, -0.05) is 18.2 Å². The minimum atomic E-state index is 0.215. The van der Waals surface area contributed by atoms with Crippen LogP contribution in [0.4, 0.5) is 0 Å². The summed E-state index contributed by atoms with van der Waals surface area (Å²) in [5.41, 5.74) is 2.98. The van der Waals surface area contributed by atoms with Crippen LogP contribution < -0.4 is 0 Å². The van der Waals surface area contributed by atoms with Crippen LogP contribution in [0.5, 0.6) is 0 Å². The molecule has 0 aliphatic rings. The van der Waals surface area contributed by atoms with Gasteiger partial charge in [-0.2, -0.15) is 0 Å². The minimum Gasteiger partial charge on any atom is -0.335 e. The van der Waals surface area contributed by atoms with Gasteiger partial charge in [0.1, 0.15) is 0 Å². The van der Waals surface area contributed by atoms with Crippen LogP contribution in [0.2, 0.25) is 5.16 Å². The van der Waals surface area contributed by atoms with Crippen LogP contribution in [0.15, 0.2) is 42.5 Å². The molecule has 1 nitrogen and oxygen atoms in total. The van der Waals surface area contributed by atoms with E-state index in [9.17, 15) is 0 Å². The summed E-state index contributed by atoms with van der Waals surface area (Å²) in [7, 11) is 2.53. The van der Waals surface area contributed by atoms with Gasteiger partial charge in [-0.05, 0) is 65.9 Å². The molecule has 0 bridgehead atoms. The van der Waals surface area contributed by atoms with Crippen molar-refractivity contribution in [2.24, 2.45) is 0 Å². The van der Waals surface area contributed by atoms with Gasteiger partial charge < -0.3 is 4.57 Å². The first-order valence-electron chi connectivity index (χ1n) is 7.12. The molecule has 0 amide bonds. The summed E-state index contributed by atoms with van der Waals surface area (Å²) < 4.78 is 3.89. The number of aromatic nitrogens is 1. The number of nitrogens with zero attached hydrogens (tertiary/aromatic N) is 1. The Balaban J connectivity index is 2.51. The summed E-state index contributed by atoms with van der Waals surface area (Å²) >= 11 is 2.41. The number of benzene rings is 2. The fraction of sp³-hybridized carbons (Fsp3) is 0.250. The van der Waals surface area contributed by atoms with Crippen molar-refractivity contribution in [3.63, 3.8) is 0 Å². The maximum absolute atomic E-state index is 2.58. The molecule has 104 valence electrons. The van der Waals surface area contributed by atoms with E-state index in [2.05, 4.69) is 83.5 Å². The van der Waals surface area contributed by atoms with Gasteiger partial charge in [-0.25, -0.2) is 0 Å². The predicted octanol–water partition coefficient (Wildman–Crippen LogP) is 2.61. The average Bonchev–Trinajstić information content (AvgIpc) is 2.73. The number of halogens is 1. The molecular weight excluding hydrogens is 389 g/mol. The second kappa shape index (κ2) is 5.00. The van der Waals surface area contributed by atoms with E-state index in [0.717, 1.165) is 5.16 Å². The zero-order valence-corrected chi connectivity index (χ0v) is 18.6. The van der Waals surface area contributed by atoms with Crippen molar-refractivity contribution in [2.45, 2.75) is 24.6 Å². The largest absolute Gasteiger partial charge is 0.335 e. The van der Waals surface area contributed by atoms with E-state index in [1.165, 1.54) is 45.9 Å². The Morgan fingerprint density at radius 3 is 2.35 bits per heavy atom. The van der Waals surface area contributed by atoms with Crippen molar-refractivity contribution in [1.29, 1.82) is 0 Å². The molecule has 0 aliphatic heterocycles. The zero-order valence-electron chi connectivity index (χ0n) is 12.4. The molecule has 0 saturated carbocycles. The lowest BCUT2D eigenvalue weighted by molar-refractivity contribution is 0.403. The van der Waals surface area contributed by atoms with Crippen LogP contribution >= 0.6 is 22.6 Å². The lowest BCUT2D eigenvalue weighted by Gasteiger charge is -2.33. The first-order chi connectivity index (χ1) is 9.43. The maximum atomic E-state index is 2.58. The van der Waals surface area contributed by atoms with Gasteiger partial charge in [0, 0.05) is 51.4 Å². The number of hydrogen-bond donors (Lipinski definition) is 0. The number of fused-ring (bicyclic) bond motifs is 3. The van der Waals surface area contributed by atoms with Gasteiger partial charge in [0.25, 0.3) is 0 Å². The SMILES string of the molecule is CC(C)(C([SiH3])[SiH3])n1c2ccccc2c2cc(I)ccc21. The second-order valence-corrected chi connectivity index (χ2v) is 13.3. The van der Waals surface area contributed by atoms with Crippen LogP contribution in [0, 0.1) is 3.57 Å². The molecule has 0 saturated heterocycles. The molecule has 0 radical (unpaired) electrons. The summed E-state index contributed by atoms with van der Waals surface area (Å²) in [6, 6.07) is 15.7. The first-order valence-corrected chi connectivity index (χ1v) is 10.5. The van der Waals surface area contributed by atoms with E-state index in [1.54, 1.807) is 0 Å². The second-order valence-electron chi connectivity index (χ2n) is 6.32. The third kappa shape index (κ3) is 2.08. The van der Waals surface area contributed by atoms with Crippen molar-refractivity contribution >= 4 is 64.9 Å². The van der Waals surface area contributed by atoms with E-state index in [4.69, 9.17) is 0 Å². The molecule has 3 aromatic rings. The van der Waals surface area contributed by atoms with E-state index in [-0.39, 0.29) is 5.54 Å². The Kier molecular flexibility index (Phi) is 3.58. The first kappa shape index (κ1) is 14.3. The van der Waals surface area contributed by atoms with E-state index >= 15 is 0 Å². The molecule has 2 aromatic carbocycles. The molecule has 0 N–H and O–H groups in total. The summed E-state index contributed by atoms with van der Waals surface area (Å²) in [4.78, 5) is 0. The highest BCUT2D eigenvalue weighted by atomic mass is 127. The van der Waals surface area contributed by atoms with Gasteiger partial charge in [-0.3, -0.25) is 0 Å².